The zero-order chi connectivity index (χ0) is 13.5. The normalized spacial score (nSPS) is 39.3. The third-order valence-corrected chi connectivity index (χ3v) is 5.89. The topological polar surface area (TPSA) is 46.2 Å². The van der Waals surface area contributed by atoms with Gasteiger partial charge in [-0.25, -0.2) is 0 Å². The van der Waals surface area contributed by atoms with Crippen molar-refractivity contribution in [3.8, 4) is 0 Å². The SMILES string of the molecule is CC(=O)SCCC(=O)NC12CC3CC(CC(C3)C1)C2. The Morgan fingerprint density at radius 1 is 1.11 bits per heavy atom. The first kappa shape index (κ1) is 13.5. The summed E-state index contributed by atoms with van der Waals surface area (Å²) in [5.74, 6) is 3.35. The fraction of sp³-hybridized carbons (Fsp3) is 0.867. The van der Waals surface area contributed by atoms with Crippen LogP contribution >= 0.6 is 11.8 Å². The maximum absolute atomic E-state index is 12.1. The molecule has 1 amide bonds. The van der Waals surface area contributed by atoms with Gasteiger partial charge in [0.1, 0.15) is 0 Å². The quantitative estimate of drug-likeness (QED) is 0.862. The van der Waals surface area contributed by atoms with Crippen LogP contribution < -0.4 is 5.32 Å². The van der Waals surface area contributed by atoms with Gasteiger partial charge in [-0.3, -0.25) is 9.59 Å². The minimum atomic E-state index is 0.0996. The number of rotatable bonds is 4. The second kappa shape index (κ2) is 5.12. The molecule has 0 saturated heterocycles. The highest BCUT2D eigenvalue weighted by molar-refractivity contribution is 8.13. The van der Waals surface area contributed by atoms with Crippen molar-refractivity contribution in [2.24, 2.45) is 17.8 Å². The molecular formula is C15H23NO2S. The summed E-state index contributed by atoms with van der Waals surface area (Å²) in [7, 11) is 0. The first-order valence-electron chi connectivity index (χ1n) is 7.49. The van der Waals surface area contributed by atoms with E-state index in [9.17, 15) is 9.59 Å². The summed E-state index contributed by atoms with van der Waals surface area (Å²) in [6, 6.07) is 0. The highest BCUT2D eigenvalue weighted by Gasteiger charge is 2.51. The Hall–Kier alpha value is -0.510. The third kappa shape index (κ3) is 2.99. The van der Waals surface area contributed by atoms with Gasteiger partial charge in [0.15, 0.2) is 5.12 Å². The molecule has 0 aromatic heterocycles. The van der Waals surface area contributed by atoms with E-state index in [0.29, 0.717) is 12.2 Å². The van der Waals surface area contributed by atoms with Crippen molar-refractivity contribution in [1.29, 1.82) is 0 Å². The maximum Gasteiger partial charge on any atom is 0.221 e. The molecule has 1 N–H and O–H groups in total. The van der Waals surface area contributed by atoms with Crippen molar-refractivity contribution >= 4 is 22.8 Å². The minimum Gasteiger partial charge on any atom is -0.351 e. The van der Waals surface area contributed by atoms with Crippen molar-refractivity contribution < 1.29 is 9.59 Å². The van der Waals surface area contributed by atoms with Crippen LogP contribution in [0.1, 0.15) is 51.9 Å². The Balaban J connectivity index is 1.54. The van der Waals surface area contributed by atoms with E-state index in [1.807, 2.05) is 0 Å². The predicted molar refractivity (Wildman–Crippen MR) is 76.8 cm³/mol. The Kier molecular flexibility index (Phi) is 3.63. The molecule has 0 radical (unpaired) electrons. The number of hydrogen-bond acceptors (Lipinski definition) is 3. The fourth-order valence-corrected chi connectivity index (χ4v) is 5.48. The highest BCUT2D eigenvalue weighted by Crippen LogP contribution is 2.55. The van der Waals surface area contributed by atoms with Crippen molar-refractivity contribution in [1.82, 2.24) is 5.32 Å². The molecular weight excluding hydrogens is 258 g/mol. The summed E-state index contributed by atoms with van der Waals surface area (Å²) in [5, 5.41) is 3.43. The Bertz CT molecular complexity index is 358. The fourth-order valence-electron chi connectivity index (χ4n) is 4.91. The molecule has 0 aromatic carbocycles. The van der Waals surface area contributed by atoms with Gasteiger partial charge in [-0.1, -0.05) is 11.8 Å². The van der Waals surface area contributed by atoms with Crippen LogP contribution in [-0.2, 0) is 9.59 Å². The van der Waals surface area contributed by atoms with E-state index in [4.69, 9.17) is 0 Å². The molecule has 4 aliphatic carbocycles. The van der Waals surface area contributed by atoms with E-state index in [2.05, 4.69) is 5.32 Å². The van der Waals surface area contributed by atoms with Gasteiger partial charge in [-0.05, 0) is 56.3 Å². The molecule has 0 atom stereocenters. The van der Waals surface area contributed by atoms with Crippen LogP contribution in [0.15, 0.2) is 0 Å². The first-order chi connectivity index (χ1) is 9.05. The highest BCUT2D eigenvalue weighted by atomic mass is 32.2. The van der Waals surface area contributed by atoms with Crippen molar-refractivity contribution in [3.05, 3.63) is 0 Å². The van der Waals surface area contributed by atoms with Crippen LogP contribution in [0.3, 0.4) is 0 Å². The van der Waals surface area contributed by atoms with Crippen molar-refractivity contribution in [2.75, 3.05) is 5.75 Å². The first-order valence-corrected chi connectivity index (χ1v) is 8.48. The number of nitrogens with one attached hydrogen (secondary N) is 1. The average Bonchev–Trinajstić information content (AvgIpc) is 2.25. The van der Waals surface area contributed by atoms with Gasteiger partial charge in [0.05, 0.1) is 0 Å². The van der Waals surface area contributed by atoms with Crippen molar-refractivity contribution in [3.63, 3.8) is 0 Å². The molecule has 106 valence electrons. The molecule has 4 rings (SSSR count). The summed E-state index contributed by atoms with van der Waals surface area (Å²) < 4.78 is 0. The number of hydrogen-bond donors (Lipinski definition) is 1. The monoisotopic (exact) mass is 281 g/mol. The van der Waals surface area contributed by atoms with Crippen LogP contribution in [0.25, 0.3) is 0 Å². The van der Waals surface area contributed by atoms with Gasteiger partial charge < -0.3 is 5.32 Å². The Morgan fingerprint density at radius 2 is 1.63 bits per heavy atom. The zero-order valence-corrected chi connectivity index (χ0v) is 12.4. The smallest absolute Gasteiger partial charge is 0.221 e. The van der Waals surface area contributed by atoms with Crippen LogP contribution in [0, 0.1) is 17.8 Å². The summed E-state index contributed by atoms with van der Waals surface area (Å²) in [5.41, 5.74) is 0.118. The lowest BCUT2D eigenvalue weighted by molar-refractivity contribution is -0.126. The molecule has 0 aliphatic heterocycles. The predicted octanol–water partition coefficient (Wildman–Crippen LogP) is 2.74. The molecule has 4 saturated carbocycles. The standard InChI is InChI=1S/C15H23NO2S/c1-10(17)19-3-2-14(18)16-15-7-11-4-12(8-15)6-13(5-11)9-15/h11-13H,2-9H2,1H3,(H,16,18). The number of carbonyl (C=O) groups excluding carboxylic acids is 2. The van der Waals surface area contributed by atoms with Crippen LogP contribution in [-0.4, -0.2) is 22.3 Å². The largest absolute Gasteiger partial charge is 0.351 e. The Labute approximate surface area is 119 Å². The number of amides is 1. The van der Waals surface area contributed by atoms with Crippen LogP contribution in [0.4, 0.5) is 0 Å². The van der Waals surface area contributed by atoms with E-state index < -0.39 is 0 Å². The lowest BCUT2D eigenvalue weighted by atomic mass is 9.53. The second-order valence-corrected chi connectivity index (χ2v) is 8.11. The van der Waals surface area contributed by atoms with E-state index in [-0.39, 0.29) is 16.6 Å². The van der Waals surface area contributed by atoms with E-state index in [1.54, 1.807) is 6.92 Å². The molecule has 0 unspecified atom stereocenters. The van der Waals surface area contributed by atoms with Gasteiger partial charge in [-0.15, -0.1) is 0 Å². The Morgan fingerprint density at radius 3 is 2.11 bits per heavy atom. The molecule has 4 bridgehead atoms. The molecule has 4 heteroatoms. The maximum atomic E-state index is 12.1. The summed E-state index contributed by atoms with van der Waals surface area (Å²) in [6.45, 7) is 1.56. The van der Waals surface area contributed by atoms with Gasteiger partial charge >= 0.3 is 0 Å². The van der Waals surface area contributed by atoms with Crippen molar-refractivity contribution in [2.45, 2.75) is 57.4 Å². The van der Waals surface area contributed by atoms with Crippen LogP contribution in [0.5, 0.6) is 0 Å². The molecule has 3 nitrogen and oxygen atoms in total. The number of carbonyl (C=O) groups is 2. The minimum absolute atomic E-state index is 0.0996. The molecule has 0 heterocycles. The van der Waals surface area contributed by atoms with Crippen LogP contribution in [0.2, 0.25) is 0 Å². The van der Waals surface area contributed by atoms with Gasteiger partial charge in [0.2, 0.25) is 5.91 Å². The third-order valence-electron chi connectivity index (χ3n) is 5.08. The molecule has 0 spiro atoms. The summed E-state index contributed by atoms with van der Waals surface area (Å²) in [6.07, 6.45) is 8.27. The van der Waals surface area contributed by atoms with Gasteiger partial charge in [0.25, 0.3) is 0 Å². The summed E-state index contributed by atoms with van der Waals surface area (Å²) in [4.78, 5) is 22.9. The molecule has 19 heavy (non-hydrogen) atoms. The lowest BCUT2D eigenvalue weighted by Gasteiger charge is -2.56. The number of thioether (sulfide) groups is 1. The van der Waals surface area contributed by atoms with E-state index >= 15 is 0 Å². The molecule has 4 aliphatic rings. The average molecular weight is 281 g/mol. The van der Waals surface area contributed by atoms with E-state index in [1.165, 1.54) is 50.3 Å². The van der Waals surface area contributed by atoms with Gasteiger partial charge in [-0.2, -0.15) is 0 Å². The summed E-state index contributed by atoms with van der Waals surface area (Å²) >= 11 is 1.25. The second-order valence-electron chi connectivity index (χ2n) is 6.84. The molecule has 4 fully saturated rings. The van der Waals surface area contributed by atoms with Gasteiger partial charge in [0, 0.05) is 24.6 Å². The molecule has 0 aromatic rings. The van der Waals surface area contributed by atoms with E-state index in [0.717, 1.165) is 17.8 Å². The zero-order valence-electron chi connectivity index (χ0n) is 11.6. The lowest BCUT2D eigenvalue weighted by Crippen LogP contribution is -2.59.